The number of halogens is 2. The molecule has 0 fully saturated rings. The van der Waals surface area contributed by atoms with Gasteiger partial charge in [-0.1, -0.05) is 22.9 Å². The van der Waals surface area contributed by atoms with Crippen molar-refractivity contribution in [2.24, 2.45) is 0 Å². The Kier molecular flexibility index (Phi) is 3.91. The molecule has 0 saturated heterocycles. The van der Waals surface area contributed by atoms with Gasteiger partial charge in [0.1, 0.15) is 5.82 Å². The summed E-state index contributed by atoms with van der Waals surface area (Å²) in [4.78, 5) is 4.22. The molecule has 3 nitrogen and oxygen atoms in total. The van der Waals surface area contributed by atoms with Crippen molar-refractivity contribution in [3.8, 4) is 5.69 Å². The molecule has 1 heterocycles. The predicted molar refractivity (Wildman–Crippen MR) is 68.6 cm³/mol. The van der Waals surface area contributed by atoms with Crippen LogP contribution in [0.5, 0.6) is 0 Å². The number of imidazole rings is 1. The zero-order chi connectivity index (χ0) is 12.3. The van der Waals surface area contributed by atoms with Gasteiger partial charge in [-0.2, -0.15) is 0 Å². The maximum Gasteiger partial charge on any atom is 0.147 e. The van der Waals surface area contributed by atoms with Crippen molar-refractivity contribution < 1.29 is 4.39 Å². The standard InChI is InChI=1S/C12H13BrFN3/c1-2-15-6-10-7-17(8-16-10)12-5-9(13)3-4-11(12)14/h3-5,7-8,15H,2,6H2,1H3. The molecule has 0 saturated carbocycles. The molecule has 0 aliphatic carbocycles. The number of hydrogen-bond donors (Lipinski definition) is 1. The van der Waals surface area contributed by atoms with E-state index in [9.17, 15) is 4.39 Å². The summed E-state index contributed by atoms with van der Waals surface area (Å²) < 4.78 is 16.2. The normalized spacial score (nSPS) is 10.8. The maximum atomic E-state index is 13.6. The van der Waals surface area contributed by atoms with Crippen LogP contribution < -0.4 is 5.32 Å². The molecular weight excluding hydrogens is 285 g/mol. The van der Waals surface area contributed by atoms with Crippen molar-refractivity contribution >= 4 is 15.9 Å². The molecule has 1 aromatic carbocycles. The Morgan fingerprint density at radius 1 is 1.47 bits per heavy atom. The minimum Gasteiger partial charge on any atom is -0.311 e. The second-order valence-electron chi connectivity index (χ2n) is 3.65. The van der Waals surface area contributed by atoms with Gasteiger partial charge in [0.2, 0.25) is 0 Å². The first-order valence-corrected chi connectivity index (χ1v) is 6.19. The molecule has 0 atom stereocenters. The highest BCUT2D eigenvalue weighted by molar-refractivity contribution is 9.10. The highest BCUT2D eigenvalue weighted by Gasteiger charge is 2.06. The number of hydrogen-bond acceptors (Lipinski definition) is 2. The number of nitrogens with zero attached hydrogens (tertiary/aromatic N) is 2. The predicted octanol–water partition coefficient (Wildman–Crippen LogP) is 2.88. The average molecular weight is 298 g/mol. The number of benzene rings is 1. The molecule has 0 radical (unpaired) electrons. The molecule has 17 heavy (non-hydrogen) atoms. The minimum atomic E-state index is -0.263. The van der Waals surface area contributed by atoms with Crippen LogP contribution in [0.4, 0.5) is 4.39 Å². The van der Waals surface area contributed by atoms with Gasteiger partial charge in [-0.25, -0.2) is 9.37 Å². The van der Waals surface area contributed by atoms with E-state index in [2.05, 4.69) is 26.2 Å². The monoisotopic (exact) mass is 297 g/mol. The highest BCUT2D eigenvalue weighted by Crippen LogP contribution is 2.19. The summed E-state index contributed by atoms with van der Waals surface area (Å²) in [6, 6.07) is 4.84. The van der Waals surface area contributed by atoms with Gasteiger partial charge in [0.15, 0.2) is 0 Å². The molecule has 0 unspecified atom stereocenters. The molecule has 0 bridgehead atoms. The van der Waals surface area contributed by atoms with Gasteiger partial charge in [0.25, 0.3) is 0 Å². The summed E-state index contributed by atoms with van der Waals surface area (Å²) in [7, 11) is 0. The molecule has 1 aromatic heterocycles. The summed E-state index contributed by atoms with van der Waals surface area (Å²) in [5.74, 6) is -0.263. The van der Waals surface area contributed by atoms with Gasteiger partial charge >= 0.3 is 0 Å². The molecular formula is C12H13BrFN3. The Labute approximate surface area is 108 Å². The van der Waals surface area contributed by atoms with E-state index < -0.39 is 0 Å². The fourth-order valence-corrected chi connectivity index (χ4v) is 1.87. The first kappa shape index (κ1) is 12.3. The van der Waals surface area contributed by atoms with Gasteiger partial charge in [0, 0.05) is 17.2 Å². The van der Waals surface area contributed by atoms with Gasteiger partial charge in [-0.15, -0.1) is 0 Å². The van der Waals surface area contributed by atoms with Crippen LogP contribution in [0.2, 0.25) is 0 Å². The van der Waals surface area contributed by atoms with Gasteiger partial charge < -0.3 is 9.88 Å². The van der Waals surface area contributed by atoms with Crippen molar-refractivity contribution in [1.82, 2.24) is 14.9 Å². The van der Waals surface area contributed by atoms with Gasteiger partial charge in [-0.05, 0) is 24.7 Å². The summed E-state index contributed by atoms with van der Waals surface area (Å²) in [5, 5.41) is 3.18. The van der Waals surface area contributed by atoms with Crippen LogP contribution in [0.3, 0.4) is 0 Å². The number of aromatic nitrogens is 2. The van der Waals surface area contributed by atoms with E-state index in [1.54, 1.807) is 23.0 Å². The fraction of sp³-hybridized carbons (Fsp3) is 0.250. The third-order valence-electron chi connectivity index (χ3n) is 2.38. The third-order valence-corrected chi connectivity index (χ3v) is 2.87. The second-order valence-corrected chi connectivity index (χ2v) is 4.56. The second kappa shape index (κ2) is 5.42. The van der Waals surface area contributed by atoms with E-state index in [-0.39, 0.29) is 5.82 Å². The molecule has 0 aliphatic rings. The molecule has 90 valence electrons. The zero-order valence-corrected chi connectivity index (χ0v) is 11.0. The Balaban J connectivity index is 2.27. The smallest absolute Gasteiger partial charge is 0.147 e. The highest BCUT2D eigenvalue weighted by atomic mass is 79.9. The third kappa shape index (κ3) is 2.92. The molecule has 2 rings (SSSR count). The zero-order valence-electron chi connectivity index (χ0n) is 9.45. The first-order valence-electron chi connectivity index (χ1n) is 5.39. The number of nitrogens with one attached hydrogen (secondary N) is 1. The summed E-state index contributed by atoms with van der Waals surface area (Å²) in [6.45, 7) is 3.61. The van der Waals surface area contributed by atoms with Crippen LogP contribution in [-0.4, -0.2) is 16.1 Å². The van der Waals surface area contributed by atoms with Crippen molar-refractivity contribution in [3.05, 3.63) is 46.7 Å². The lowest BCUT2D eigenvalue weighted by molar-refractivity contribution is 0.617. The van der Waals surface area contributed by atoms with Crippen LogP contribution in [0.15, 0.2) is 35.2 Å². The van der Waals surface area contributed by atoms with Crippen molar-refractivity contribution in [2.45, 2.75) is 13.5 Å². The topological polar surface area (TPSA) is 29.9 Å². The van der Waals surface area contributed by atoms with E-state index in [0.717, 1.165) is 16.7 Å². The maximum absolute atomic E-state index is 13.6. The van der Waals surface area contributed by atoms with Crippen LogP contribution in [-0.2, 0) is 6.54 Å². The van der Waals surface area contributed by atoms with Gasteiger partial charge in [0.05, 0.1) is 17.7 Å². The van der Waals surface area contributed by atoms with Gasteiger partial charge in [-0.3, -0.25) is 0 Å². The average Bonchev–Trinajstić information content (AvgIpc) is 2.78. The molecule has 5 heteroatoms. The van der Waals surface area contributed by atoms with Crippen LogP contribution >= 0.6 is 15.9 Å². The quantitative estimate of drug-likeness (QED) is 0.940. The molecule has 1 N–H and O–H groups in total. The van der Waals surface area contributed by atoms with Crippen LogP contribution in [0, 0.1) is 5.82 Å². The summed E-state index contributed by atoms with van der Waals surface area (Å²) in [5.41, 5.74) is 1.39. The molecule has 2 aromatic rings. The first-order chi connectivity index (χ1) is 8.20. The van der Waals surface area contributed by atoms with E-state index in [4.69, 9.17) is 0 Å². The molecule has 0 amide bonds. The SMILES string of the molecule is CCNCc1cn(-c2cc(Br)ccc2F)cn1. The van der Waals surface area contributed by atoms with Crippen molar-refractivity contribution in [3.63, 3.8) is 0 Å². The Bertz CT molecular complexity index is 510. The Morgan fingerprint density at radius 3 is 3.06 bits per heavy atom. The van der Waals surface area contributed by atoms with E-state index in [0.29, 0.717) is 12.2 Å². The lowest BCUT2D eigenvalue weighted by Crippen LogP contribution is -2.11. The van der Waals surface area contributed by atoms with E-state index in [1.165, 1.54) is 6.07 Å². The summed E-state index contributed by atoms with van der Waals surface area (Å²) in [6.07, 6.45) is 3.45. The van der Waals surface area contributed by atoms with Crippen molar-refractivity contribution in [2.75, 3.05) is 6.54 Å². The molecule has 0 aliphatic heterocycles. The lowest BCUT2D eigenvalue weighted by atomic mass is 10.3. The largest absolute Gasteiger partial charge is 0.311 e. The fourth-order valence-electron chi connectivity index (χ4n) is 1.52. The Morgan fingerprint density at radius 2 is 2.29 bits per heavy atom. The Hall–Kier alpha value is -1.20. The number of rotatable bonds is 4. The molecule has 0 spiro atoms. The van der Waals surface area contributed by atoms with E-state index >= 15 is 0 Å². The van der Waals surface area contributed by atoms with Crippen LogP contribution in [0.1, 0.15) is 12.6 Å². The van der Waals surface area contributed by atoms with Crippen molar-refractivity contribution in [1.29, 1.82) is 0 Å². The summed E-state index contributed by atoms with van der Waals surface area (Å²) >= 11 is 3.33. The van der Waals surface area contributed by atoms with Crippen LogP contribution in [0.25, 0.3) is 5.69 Å². The van der Waals surface area contributed by atoms with E-state index in [1.807, 2.05) is 13.1 Å². The minimum absolute atomic E-state index is 0.263. The lowest BCUT2D eigenvalue weighted by Gasteiger charge is -2.04.